The van der Waals surface area contributed by atoms with Crippen molar-refractivity contribution in [3.05, 3.63) is 23.8 Å². The van der Waals surface area contributed by atoms with Gasteiger partial charge in [0.25, 0.3) is 0 Å². The van der Waals surface area contributed by atoms with E-state index in [0.717, 1.165) is 13.1 Å². The number of benzene rings is 1. The van der Waals surface area contributed by atoms with Crippen molar-refractivity contribution in [2.75, 3.05) is 32.1 Å². The Kier molecular flexibility index (Phi) is 4.44. The first-order valence-electron chi connectivity index (χ1n) is 6.49. The summed E-state index contributed by atoms with van der Waals surface area (Å²) in [4.78, 5) is 22.8. The van der Waals surface area contributed by atoms with E-state index in [4.69, 9.17) is 14.6 Å². The fourth-order valence-electron chi connectivity index (χ4n) is 1.96. The topological polar surface area (TPSA) is 96.9 Å². The van der Waals surface area contributed by atoms with Gasteiger partial charge in [0.2, 0.25) is 5.91 Å². The zero-order chi connectivity index (χ0) is 15.5. The van der Waals surface area contributed by atoms with Crippen LogP contribution in [-0.4, -0.2) is 49.4 Å². The number of carboxylic acid groups (broad SMARTS) is 1. The van der Waals surface area contributed by atoms with Gasteiger partial charge >= 0.3 is 5.97 Å². The second-order valence-electron chi connectivity index (χ2n) is 5.11. The fraction of sp³-hybridized carbons (Fsp3) is 0.429. The molecule has 2 rings (SSSR count). The maximum atomic E-state index is 11.8. The van der Waals surface area contributed by atoms with Crippen LogP contribution in [0, 0.1) is 0 Å². The van der Waals surface area contributed by atoms with E-state index in [1.54, 1.807) is 0 Å². The molecule has 0 atom stereocenters. The van der Waals surface area contributed by atoms with Gasteiger partial charge in [-0.2, -0.15) is 0 Å². The van der Waals surface area contributed by atoms with Crippen LogP contribution < -0.4 is 15.4 Å². The second kappa shape index (κ2) is 6.11. The Balaban J connectivity index is 1.95. The Bertz CT molecular complexity index is 554. The van der Waals surface area contributed by atoms with E-state index in [1.165, 1.54) is 25.3 Å². The smallest absolute Gasteiger partial charge is 0.339 e. The average Bonchev–Trinajstić information content (AvgIpc) is 2.42. The molecular weight excluding hydrogens is 276 g/mol. The Morgan fingerprint density at radius 3 is 2.67 bits per heavy atom. The number of nitrogens with one attached hydrogen (secondary N) is 2. The molecule has 3 N–H and O–H groups in total. The number of aromatic carboxylic acids is 1. The molecule has 1 aromatic carbocycles. The number of anilines is 1. The van der Waals surface area contributed by atoms with Gasteiger partial charge in [0.15, 0.2) is 0 Å². The van der Waals surface area contributed by atoms with Crippen LogP contribution in [0.15, 0.2) is 18.2 Å². The van der Waals surface area contributed by atoms with Gasteiger partial charge in [0.1, 0.15) is 17.9 Å². The molecular formula is C14H18N2O5. The first-order chi connectivity index (χ1) is 9.93. The number of amides is 1. The summed E-state index contributed by atoms with van der Waals surface area (Å²) in [5.41, 5.74) is 0.212. The predicted molar refractivity (Wildman–Crippen MR) is 75.8 cm³/mol. The predicted octanol–water partition coefficient (Wildman–Crippen LogP) is 0.710. The minimum atomic E-state index is -1.08. The van der Waals surface area contributed by atoms with Gasteiger partial charge in [-0.05, 0) is 19.1 Å². The first kappa shape index (κ1) is 15.3. The van der Waals surface area contributed by atoms with Crippen LogP contribution >= 0.6 is 0 Å². The quantitative estimate of drug-likeness (QED) is 0.715. The fourth-order valence-corrected chi connectivity index (χ4v) is 1.96. The highest BCUT2D eigenvalue weighted by atomic mass is 16.5. The van der Waals surface area contributed by atoms with Crippen molar-refractivity contribution in [1.29, 1.82) is 0 Å². The van der Waals surface area contributed by atoms with Crippen molar-refractivity contribution in [3.63, 3.8) is 0 Å². The summed E-state index contributed by atoms with van der Waals surface area (Å²) < 4.78 is 10.5. The summed E-state index contributed by atoms with van der Waals surface area (Å²) >= 11 is 0. The van der Waals surface area contributed by atoms with Crippen LogP contribution in [0.25, 0.3) is 0 Å². The van der Waals surface area contributed by atoms with Gasteiger partial charge in [-0.15, -0.1) is 0 Å². The summed E-state index contributed by atoms with van der Waals surface area (Å²) in [5, 5.41) is 14.7. The molecule has 0 spiro atoms. The molecule has 0 aromatic heterocycles. The Morgan fingerprint density at radius 1 is 1.43 bits per heavy atom. The average molecular weight is 294 g/mol. The van der Waals surface area contributed by atoms with Crippen molar-refractivity contribution in [2.45, 2.75) is 12.5 Å². The third kappa shape index (κ3) is 3.71. The Hall–Kier alpha value is -2.12. The summed E-state index contributed by atoms with van der Waals surface area (Å²) in [6.45, 7) is 3.32. The number of rotatable bonds is 6. The molecule has 7 heteroatoms. The van der Waals surface area contributed by atoms with Crippen molar-refractivity contribution in [3.8, 4) is 5.75 Å². The van der Waals surface area contributed by atoms with Crippen molar-refractivity contribution in [2.24, 2.45) is 0 Å². The van der Waals surface area contributed by atoms with Gasteiger partial charge in [0.05, 0.1) is 12.7 Å². The molecule has 1 saturated heterocycles. The molecule has 1 amide bonds. The van der Waals surface area contributed by atoms with Gasteiger partial charge in [-0.1, -0.05) is 0 Å². The first-order valence-corrected chi connectivity index (χ1v) is 6.49. The van der Waals surface area contributed by atoms with Crippen LogP contribution in [-0.2, 0) is 9.53 Å². The van der Waals surface area contributed by atoms with Crippen LogP contribution in [0.1, 0.15) is 17.3 Å². The van der Waals surface area contributed by atoms with E-state index in [1.807, 2.05) is 6.92 Å². The SMILES string of the molecule is COc1cc(NC(=O)COC2(C)CNC2)ccc1C(=O)O. The summed E-state index contributed by atoms with van der Waals surface area (Å²) in [7, 11) is 1.38. The molecule has 1 aliphatic rings. The minimum Gasteiger partial charge on any atom is -0.496 e. The van der Waals surface area contributed by atoms with Gasteiger partial charge < -0.3 is 25.2 Å². The lowest BCUT2D eigenvalue weighted by atomic mass is 10.0. The maximum absolute atomic E-state index is 11.8. The highest BCUT2D eigenvalue weighted by Crippen LogP contribution is 2.23. The van der Waals surface area contributed by atoms with Crippen LogP contribution in [0.3, 0.4) is 0 Å². The third-order valence-electron chi connectivity index (χ3n) is 3.27. The van der Waals surface area contributed by atoms with E-state index < -0.39 is 5.97 Å². The normalized spacial score (nSPS) is 15.9. The second-order valence-corrected chi connectivity index (χ2v) is 5.11. The lowest BCUT2D eigenvalue weighted by Gasteiger charge is -2.38. The monoisotopic (exact) mass is 294 g/mol. The molecule has 21 heavy (non-hydrogen) atoms. The Morgan fingerprint density at radius 2 is 2.14 bits per heavy atom. The highest BCUT2D eigenvalue weighted by Gasteiger charge is 2.33. The molecule has 1 aromatic rings. The van der Waals surface area contributed by atoms with Crippen LogP contribution in [0.2, 0.25) is 0 Å². The van der Waals surface area contributed by atoms with E-state index >= 15 is 0 Å². The van der Waals surface area contributed by atoms with Crippen molar-refractivity contribution < 1.29 is 24.2 Å². The summed E-state index contributed by atoms with van der Waals surface area (Å²) in [6.07, 6.45) is 0. The summed E-state index contributed by atoms with van der Waals surface area (Å²) in [6, 6.07) is 4.36. The molecule has 1 fully saturated rings. The number of carboxylic acids is 1. The van der Waals surface area contributed by atoms with Crippen LogP contribution in [0.4, 0.5) is 5.69 Å². The zero-order valence-electron chi connectivity index (χ0n) is 11.9. The number of hydrogen-bond acceptors (Lipinski definition) is 5. The Labute approximate surface area is 122 Å². The van der Waals surface area contributed by atoms with Gasteiger partial charge in [-0.3, -0.25) is 4.79 Å². The largest absolute Gasteiger partial charge is 0.496 e. The number of methoxy groups -OCH3 is 1. The lowest BCUT2D eigenvalue weighted by molar-refractivity contribution is -0.130. The molecule has 0 aliphatic carbocycles. The third-order valence-corrected chi connectivity index (χ3v) is 3.27. The van der Waals surface area contributed by atoms with E-state index in [-0.39, 0.29) is 29.4 Å². The van der Waals surface area contributed by atoms with Crippen molar-refractivity contribution >= 4 is 17.6 Å². The minimum absolute atomic E-state index is 0.0415. The molecule has 114 valence electrons. The van der Waals surface area contributed by atoms with Gasteiger partial charge in [0, 0.05) is 24.8 Å². The lowest BCUT2D eigenvalue weighted by Crippen LogP contribution is -2.59. The molecule has 0 radical (unpaired) electrons. The zero-order valence-corrected chi connectivity index (χ0v) is 11.9. The summed E-state index contributed by atoms with van der Waals surface area (Å²) in [5.74, 6) is -1.19. The maximum Gasteiger partial charge on any atom is 0.339 e. The molecule has 0 unspecified atom stereocenters. The molecule has 0 bridgehead atoms. The molecule has 1 aliphatic heterocycles. The van der Waals surface area contributed by atoms with E-state index in [0.29, 0.717) is 5.69 Å². The van der Waals surface area contributed by atoms with Crippen molar-refractivity contribution in [1.82, 2.24) is 5.32 Å². The number of carbonyl (C=O) groups excluding carboxylic acids is 1. The molecule has 7 nitrogen and oxygen atoms in total. The van der Waals surface area contributed by atoms with Gasteiger partial charge in [-0.25, -0.2) is 4.79 Å². The standard InChI is InChI=1S/C14H18N2O5/c1-14(7-15-8-14)21-6-12(17)16-9-3-4-10(13(18)19)11(5-9)20-2/h3-5,15H,6-8H2,1-2H3,(H,16,17)(H,18,19). The number of carbonyl (C=O) groups is 2. The molecule has 0 saturated carbocycles. The number of ether oxygens (including phenoxy) is 2. The molecule has 1 heterocycles. The van der Waals surface area contributed by atoms with E-state index in [9.17, 15) is 9.59 Å². The van der Waals surface area contributed by atoms with E-state index in [2.05, 4.69) is 10.6 Å². The highest BCUT2D eigenvalue weighted by molar-refractivity contribution is 5.95. The van der Waals surface area contributed by atoms with Crippen LogP contribution in [0.5, 0.6) is 5.75 Å². The number of hydrogen-bond donors (Lipinski definition) is 3.